The van der Waals surface area contributed by atoms with Crippen LogP contribution >= 0.6 is 0 Å². The fourth-order valence-electron chi connectivity index (χ4n) is 2.32. The number of nitrogens with one attached hydrogen (secondary N) is 1. The highest BCUT2D eigenvalue weighted by molar-refractivity contribution is 5.58. The van der Waals surface area contributed by atoms with Gasteiger partial charge in [-0.2, -0.15) is 4.98 Å². The molecule has 1 aliphatic rings. The summed E-state index contributed by atoms with van der Waals surface area (Å²) < 4.78 is 5.30. The van der Waals surface area contributed by atoms with Gasteiger partial charge in [-0.3, -0.25) is 4.98 Å². The lowest BCUT2D eigenvalue weighted by molar-refractivity contribution is 0.191. The van der Waals surface area contributed by atoms with Crippen LogP contribution < -0.4 is 5.32 Å². The first-order chi connectivity index (χ1) is 9.28. The molecule has 2 atom stereocenters. The SMILES string of the molecule is CCc1cnccc1-c1noc(C2CC(O)CN2)n1. The van der Waals surface area contributed by atoms with Crippen molar-refractivity contribution in [3.8, 4) is 11.4 Å². The molecule has 0 radical (unpaired) electrons. The summed E-state index contributed by atoms with van der Waals surface area (Å²) in [6.07, 6.45) is 4.68. The van der Waals surface area contributed by atoms with Gasteiger partial charge in [0.05, 0.1) is 12.1 Å². The molecule has 2 unspecified atom stereocenters. The van der Waals surface area contributed by atoms with Crippen LogP contribution in [-0.2, 0) is 6.42 Å². The molecule has 0 bridgehead atoms. The zero-order chi connectivity index (χ0) is 13.2. The number of aliphatic hydroxyl groups excluding tert-OH is 1. The first-order valence-electron chi connectivity index (χ1n) is 6.46. The van der Waals surface area contributed by atoms with Gasteiger partial charge >= 0.3 is 0 Å². The summed E-state index contributed by atoms with van der Waals surface area (Å²) >= 11 is 0. The third-order valence-corrected chi connectivity index (χ3v) is 3.37. The summed E-state index contributed by atoms with van der Waals surface area (Å²) in [5, 5.41) is 16.7. The number of nitrogens with zero attached hydrogens (tertiary/aromatic N) is 3. The second kappa shape index (κ2) is 5.07. The molecular weight excluding hydrogens is 244 g/mol. The Kier molecular flexibility index (Phi) is 3.27. The zero-order valence-electron chi connectivity index (χ0n) is 10.7. The Morgan fingerprint density at radius 3 is 3.16 bits per heavy atom. The van der Waals surface area contributed by atoms with Crippen molar-refractivity contribution in [3.63, 3.8) is 0 Å². The van der Waals surface area contributed by atoms with Crippen molar-refractivity contribution in [1.29, 1.82) is 0 Å². The highest BCUT2D eigenvalue weighted by Crippen LogP contribution is 2.26. The third kappa shape index (κ3) is 2.36. The van der Waals surface area contributed by atoms with Gasteiger partial charge < -0.3 is 14.9 Å². The number of rotatable bonds is 3. The molecule has 0 amide bonds. The number of β-amino-alcohol motifs (C(OH)–C–C–N with tert-alkyl or cyclic N) is 1. The predicted octanol–water partition coefficient (Wildman–Crippen LogP) is 1.09. The van der Waals surface area contributed by atoms with E-state index in [0.29, 0.717) is 24.7 Å². The maximum Gasteiger partial charge on any atom is 0.244 e. The van der Waals surface area contributed by atoms with E-state index >= 15 is 0 Å². The molecule has 1 aliphatic heterocycles. The monoisotopic (exact) mass is 260 g/mol. The first kappa shape index (κ1) is 12.3. The summed E-state index contributed by atoms with van der Waals surface area (Å²) in [5.41, 5.74) is 2.04. The van der Waals surface area contributed by atoms with E-state index in [4.69, 9.17) is 4.52 Å². The van der Waals surface area contributed by atoms with Crippen LogP contribution in [0.5, 0.6) is 0 Å². The van der Waals surface area contributed by atoms with Crippen LogP contribution in [0.15, 0.2) is 23.0 Å². The summed E-state index contributed by atoms with van der Waals surface area (Å²) in [6, 6.07) is 1.84. The predicted molar refractivity (Wildman–Crippen MR) is 68.3 cm³/mol. The Morgan fingerprint density at radius 1 is 1.53 bits per heavy atom. The Bertz CT molecular complexity index is 569. The first-order valence-corrected chi connectivity index (χ1v) is 6.46. The minimum atomic E-state index is -0.340. The standard InChI is InChI=1S/C13H16N4O2/c1-2-8-6-14-4-3-10(8)12-16-13(19-17-12)11-5-9(18)7-15-11/h3-4,6,9,11,15,18H,2,5,7H2,1H3. The van der Waals surface area contributed by atoms with E-state index in [2.05, 4.69) is 27.4 Å². The Labute approximate surface area is 110 Å². The molecule has 1 fully saturated rings. The number of aromatic nitrogens is 3. The molecule has 19 heavy (non-hydrogen) atoms. The molecule has 3 heterocycles. The Hall–Kier alpha value is -1.79. The lowest BCUT2D eigenvalue weighted by Gasteiger charge is -2.02. The molecule has 2 N–H and O–H groups in total. The van der Waals surface area contributed by atoms with Gasteiger partial charge in [0.2, 0.25) is 11.7 Å². The maximum absolute atomic E-state index is 9.51. The van der Waals surface area contributed by atoms with E-state index in [1.54, 1.807) is 6.20 Å². The van der Waals surface area contributed by atoms with Crippen LogP contribution in [0.4, 0.5) is 0 Å². The Morgan fingerprint density at radius 2 is 2.42 bits per heavy atom. The van der Waals surface area contributed by atoms with E-state index < -0.39 is 0 Å². The quantitative estimate of drug-likeness (QED) is 0.859. The lowest BCUT2D eigenvalue weighted by Crippen LogP contribution is -2.15. The third-order valence-electron chi connectivity index (χ3n) is 3.37. The summed E-state index contributed by atoms with van der Waals surface area (Å²) in [7, 11) is 0. The van der Waals surface area contributed by atoms with Crippen molar-refractivity contribution < 1.29 is 9.63 Å². The summed E-state index contributed by atoms with van der Waals surface area (Å²) in [6.45, 7) is 2.63. The van der Waals surface area contributed by atoms with Gasteiger partial charge in [-0.25, -0.2) is 0 Å². The molecule has 2 aromatic rings. The molecule has 0 aliphatic carbocycles. The number of aryl methyl sites for hydroxylation is 1. The molecule has 100 valence electrons. The average molecular weight is 260 g/mol. The van der Waals surface area contributed by atoms with Crippen LogP contribution in [0.1, 0.15) is 30.8 Å². The molecule has 0 spiro atoms. The van der Waals surface area contributed by atoms with Crippen LogP contribution in [-0.4, -0.2) is 32.9 Å². The van der Waals surface area contributed by atoms with Crippen molar-refractivity contribution >= 4 is 0 Å². The lowest BCUT2D eigenvalue weighted by atomic mass is 10.1. The Balaban J connectivity index is 1.88. The van der Waals surface area contributed by atoms with Gasteiger partial charge in [-0.15, -0.1) is 0 Å². The second-order valence-electron chi connectivity index (χ2n) is 4.69. The highest BCUT2D eigenvalue weighted by Gasteiger charge is 2.28. The smallest absolute Gasteiger partial charge is 0.244 e. The highest BCUT2D eigenvalue weighted by atomic mass is 16.5. The van der Waals surface area contributed by atoms with Crippen LogP contribution in [0.3, 0.4) is 0 Å². The van der Waals surface area contributed by atoms with Gasteiger partial charge in [0.15, 0.2) is 0 Å². The van der Waals surface area contributed by atoms with Crippen molar-refractivity contribution in [2.75, 3.05) is 6.54 Å². The van der Waals surface area contributed by atoms with Gasteiger partial charge in [-0.05, 0) is 24.5 Å². The van der Waals surface area contributed by atoms with E-state index in [1.165, 1.54) is 0 Å². The topological polar surface area (TPSA) is 84.1 Å². The molecule has 6 heteroatoms. The van der Waals surface area contributed by atoms with Crippen molar-refractivity contribution in [1.82, 2.24) is 20.4 Å². The minimum Gasteiger partial charge on any atom is -0.392 e. The van der Waals surface area contributed by atoms with Crippen LogP contribution in [0.2, 0.25) is 0 Å². The van der Waals surface area contributed by atoms with Gasteiger partial charge in [0, 0.05) is 24.5 Å². The number of hydrogen-bond donors (Lipinski definition) is 2. The largest absolute Gasteiger partial charge is 0.392 e. The van der Waals surface area contributed by atoms with Crippen molar-refractivity contribution in [2.45, 2.75) is 31.9 Å². The number of hydrogen-bond acceptors (Lipinski definition) is 6. The van der Waals surface area contributed by atoms with Gasteiger partial charge in [0.25, 0.3) is 0 Å². The van der Waals surface area contributed by atoms with Gasteiger partial charge in [-0.1, -0.05) is 12.1 Å². The fraction of sp³-hybridized carbons (Fsp3) is 0.462. The molecule has 1 saturated heterocycles. The van der Waals surface area contributed by atoms with Crippen LogP contribution in [0.25, 0.3) is 11.4 Å². The van der Waals surface area contributed by atoms with Crippen molar-refractivity contribution in [2.24, 2.45) is 0 Å². The zero-order valence-corrected chi connectivity index (χ0v) is 10.7. The van der Waals surface area contributed by atoms with E-state index in [1.807, 2.05) is 12.3 Å². The number of aliphatic hydroxyl groups is 1. The normalized spacial score (nSPS) is 22.8. The maximum atomic E-state index is 9.51. The van der Waals surface area contributed by atoms with E-state index in [-0.39, 0.29) is 12.1 Å². The average Bonchev–Trinajstić information content (AvgIpc) is 3.07. The molecule has 2 aromatic heterocycles. The second-order valence-corrected chi connectivity index (χ2v) is 4.69. The molecular formula is C13H16N4O2. The van der Waals surface area contributed by atoms with E-state index in [0.717, 1.165) is 17.5 Å². The van der Waals surface area contributed by atoms with E-state index in [9.17, 15) is 5.11 Å². The fourth-order valence-corrected chi connectivity index (χ4v) is 2.32. The minimum absolute atomic E-state index is 0.0526. The molecule has 0 aromatic carbocycles. The van der Waals surface area contributed by atoms with Gasteiger partial charge in [0.1, 0.15) is 0 Å². The molecule has 3 rings (SSSR count). The van der Waals surface area contributed by atoms with Crippen LogP contribution in [0, 0.1) is 0 Å². The summed E-state index contributed by atoms with van der Waals surface area (Å²) in [4.78, 5) is 8.53. The molecule has 0 saturated carbocycles. The molecule has 6 nitrogen and oxygen atoms in total. The summed E-state index contributed by atoms with van der Waals surface area (Å²) in [5.74, 6) is 1.11. The number of pyridine rings is 1. The van der Waals surface area contributed by atoms with Crippen molar-refractivity contribution in [3.05, 3.63) is 29.9 Å².